The van der Waals surface area contributed by atoms with Crippen LogP contribution in [0.1, 0.15) is 30.0 Å². The highest BCUT2D eigenvalue weighted by atomic mass is 35.5. The molecule has 0 radical (unpaired) electrons. The summed E-state index contributed by atoms with van der Waals surface area (Å²) in [6.07, 6.45) is 2.62. The van der Waals surface area contributed by atoms with Gasteiger partial charge in [-0.2, -0.15) is 0 Å². The Morgan fingerprint density at radius 3 is 2.77 bits per heavy atom. The van der Waals surface area contributed by atoms with Crippen LogP contribution < -0.4 is 10.1 Å². The lowest BCUT2D eigenvalue weighted by Gasteiger charge is -2.38. The van der Waals surface area contributed by atoms with Crippen molar-refractivity contribution < 1.29 is 19.0 Å². The van der Waals surface area contributed by atoms with E-state index in [0.717, 1.165) is 5.56 Å². The summed E-state index contributed by atoms with van der Waals surface area (Å²) in [6, 6.07) is 7.31. The topological polar surface area (TPSA) is 71.5 Å². The number of nitrogens with one attached hydrogen (secondary N) is 1. The van der Waals surface area contributed by atoms with Crippen molar-refractivity contribution in [1.29, 1.82) is 0 Å². The summed E-state index contributed by atoms with van der Waals surface area (Å²) in [4.78, 5) is 16.7. The number of hydrogen-bond donors (Lipinski definition) is 2. The molecule has 2 aromatic rings. The lowest BCUT2D eigenvalue weighted by molar-refractivity contribution is -0.122. The van der Waals surface area contributed by atoms with E-state index in [1.54, 1.807) is 12.3 Å². The van der Waals surface area contributed by atoms with Crippen molar-refractivity contribution in [3.05, 3.63) is 58.5 Å². The van der Waals surface area contributed by atoms with Gasteiger partial charge in [0.25, 0.3) is 0 Å². The zero-order valence-corrected chi connectivity index (χ0v) is 15.0. The highest BCUT2D eigenvalue weighted by molar-refractivity contribution is 6.31. The molecule has 1 aromatic carbocycles. The molecular weight excluding hydrogens is 359 g/mol. The number of amides is 1. The minimum Gasteiger partial charge on any atom is -0.481 e. The summed E-state index contributed by atoms with van der Waals surface area (Å²) in [6.45, 7) is 0. The van der Waals surface area contributed by atoms with Crippen LogP contribution in [0.3, 0.4) is 0 Å². The molecule has 0 aliphatic heterocycles. The summed E-state index contributed by atoms with van der Waals surface area (Å²) >= 11 is 6.00. The minimum absolute atomic E-state index is 0.0501. The molecule has 1 aliphatic rings. The third-order valence-corrected chi connectivity index (χ3v) is 4.98. The number of ether oxygens (including phenoxy) is 1. The first-order valence-electron chi connectivity index (χ1n) is 8.37. The average molecular weight is 379 g/mol. The van der Waals surface area contributed by atoms with E-state index in [4.69, 9.17) is 16.3 Å². The van der Waals surface area contributed by atoms with Crippen LogP contribution in [0.25, 0.3) is 0 Å². The number of carbonyl (C=O) groups excluding carboxylic acids is 1. The normalized spacial score (nSPS) is 20.2. The largest absolute Gasteiger partial charge is 0.481 e. The molecule has 1 aromatic heterocycles. The Balaban J connectivity index is 1.73. The van der Waals surface area contributed by atoms with Gasteiger partial charge in [0.2, 0.25) is 11.8 Å². The monoisotopic (exact) mass is 378 g/mol. The molecule has 1 fully saturated rings. The number of hydrogen-bond acceptors (Lipinski definition) is 4. The maximum absolute atomic E-state index is 13.1. The van der Waals surface area contributed by atoms with Crippen LogP contribution in [-0.4, -0.2) is 29.2 Å². The molecule has 26 heavy (non-hydrogen) atoms. The van der Waals surface area contributed by atoms with Gasteiger partial charge < -0.3 is 15.2 Å². The Morgan fingerprint density at radius 1 is 1.42 bits per heavy atom. The van der Waals surface area contributed by atoms with Crippen molar-refractivity contribution in [2.24, 2.45) is 5.92 Å². The second-order valence-electron chi connectivity index (χ2n) is 6.48. The smallest absolute Gasteiger partial charge is 0.224 e. The molecule has 7 heteroatoms. The number of methoxy groups -OCH3 is 1. The van der Waals surface area contributed by atoms with Gasteiger partial charge in [-0.15, -0.1) is 0 Å². The first-order valence-corrected chi connectivity index (χ1v) is 8.75. The molecule has 0 spiro atoms. The number of rotatable bonds is 6. The Labute approximate surface area is 156 Å². The van der Waals surface area contributed by atoms with E-state index in [0.29, 0.717) is 24.3 Å². The van der Waals surface area contributed by atoms with Crippen LogP contribution in [0.5, 0.6) is 5.88 Å². The van der Waals surface area contributed by atoms with Crippen LogP contribution in [0.2, 0.25) is 5.02 Å². The van der Waals surface area contributed by atoms with Crippen LogP contribution in [0, 0.1) is 11.7 Å². The molecule has 3 rings (SSSR count). The molecule has 1 unspecified atom stereocenters. The van der Waals surface area contributed by atoms with Gasteiger partial charge in [-0.1, -0.05) is 23.7 Å². The Kier molecular flexibility index (Phi) is 5.74. The van der Waals surface area contributed by atoms with Gasteiger partial charge >= 0.3 is 0 Å². The molecule has 1 saturated carbocycles. The van der Waals surface area contributed by atoms with Crippen LogP contribution in [0.4, 0.5) is 4.39 Å². The Hall–Kier alpha value is -2.18. The molecular formula is C19H20ClFN2O3. The number of aromatic nitrogens is 1. The fourth-order valence-electron chi connectivity index (χ4n) is 3.13. The summed E-state index contributed by atoms with van der Waals surface area (Å²) < 4.78 is 18.2. The van der Waals surface area contributed by atoms with E-state index in [9.17, 15) is 14.3 Å². The number of halogens is 2. The standard InChI is InChI=1S/C19H20ClFN2O3/c1-26-18-5-3-12(10-22-18)19(13-6-15(24)7-13)23-17(25)8-11-2-4-14(21)9-16(11)20/h2-5,9-10,13,15,19,24H,6-8H2,1H3,(H,23,25). The first kappa shape index (κ1) is 18.6. The van der Waals surface area contributed by atoms with Gasteiger partial charge in [-0.05, 0) is 42.0 Å². The molecule has 0 bridgehead atoms. The van der Waals surface area contributed by atoms with Gasteiger partial charge in [0.1, 0.15) is 5.82 Å². The van der Waals surface area contributed by atoms with Gasteiger partial charge in [0.15, 0.2) is 0 Å². The van der Waals surface area contributed by atoms with E-state index in [-0.39, 0.29) is 35.4 Å². The predicted molar refractivity (Wildman–Crippen MR) is 95.5 cm³/mol. The zero-order chi connectivity index (χ0) is 18.7. The lowest BCUT2D eigenvalue weighted by atomic mass is 9.75. The number of carbonyl (C=O) groups is 1. The van der Waals surface area contributed by atoms with E-state index < -0.39 is 5.82 Å². The van der Waals surface area contributed by atoms with Crippen LogP contribution in [0.15, 0.2) is 36.5 Å². The van der Waals surface area contributed by atoms with Crippen molar-refractivity contribution >= 4 is 17.5 Å². The molecule has 1 atom stereocenters. The lowest BCUT2D eigenvalue weighted by Crippen LogP contribution is -2.42. The molecule has 1 amide bonds. The first-order chi connectivity index (χ1) is 12.5. The third kappa shape index (κ3) is 4.31. The molecule has 0 saturated heterocycles. The van der Waals surface area contributed by atoms with E-state index >= 15 is 0 Å². The fraction of sp³-hybridized carbons (Fsp3) is 0.368. The SMILES string of the molecule is COc1ccc(C(NC(=O)Cc2ccc(F)cc2Cl)C2CC(O)C2)cn1. The summed E-state index contributed by atoms with van der Waals surface area (Å²) in [5, 5.41) is 12.9. The maximum atomic E-state index is 13.1. The average Bonchev–Trinajstić information content (AvgIpc) is 2.60. The third-order valence-electron chi connectivity index (χ3n) is 4.63. The van der Waals surface area contributed by atoms with Gasteiger partial charge in [-0.25, -0.2) is 9.37 Å². The number of pyridine rings is 1. The van der Waals surface area contributed by atoms with Crippen molar-refractivity contribution in [3.63, 3.8) is 0 Å². The summed E-state index contributed by atoms with van der Waals surface area (Å²) in [5.41, 5.74) is 1.41. The minimum atomic E-state index is -0.440. The second kappa shape index (κ2) is 8.01. The van der Waals surface area contributed by atoms with E-state index in [1.807, 2.05) is 6.07 Å². The highest BCUT2D eigenvalue weighted by Crippen LogP contribution is 2.38. The molecule has 2 N–H and O–H groups in total. The number of aliphatic hydroxyl groups is 1. The second-order valence-corrected chi connectivity index (χ2v) is 6.88. The maximum Gasteiger partial charge on any atom is 0.224 e. The number of benzene rings is 1. The van der Waals surface area contributed by atoms with Crippen LogP contribution in [-0.2, 0) is 11.2 Å². The van der Waals surface area contributed by atoms with Gasteiger partial charge in [0, 0.05) is 17.3 Å². The summed E-state index contributed by atoms with van der Waals surface area (Å²) in [7, 11) is 1.54. The van der Waals surface area contributed by atoms with Crippen molar-refractivity contribution in [1.82, 2.24) is 10.3 Å². The highest BCUT2D eigenvalue weighted by Gasteiger charge is 2.35. The molecule has 138 valence electrons. The van der Waals surface area contributed by atoms with Gasteiger partial charge in [0.05, 0.1) is 25.7 Å². The molecule has 1 aliphatic carbocycles. The fourth-order valence-corrected chi connectivity index (χ4v) is 3.37. The van der Waals surface area contributed by atoms with E-state index in [2.05, 4.69) is 10.3 Å². The van der Waals surface area contributed by atoms with Crippen molar-refractivity contribution in [3.8, 4) is 5.88 Å². The summed E-state index contributed by atoms with van der Waals surface area (Å²) in [5.74, 6) is -0.0380. The zero-order valence-electron chi connectivity index (χ0n) is 14.3. The molecule has 1 heterocycles. The Bertz CT molecular complexity index is 779. The van der Waals surface area contributed by atoms with Crippen LogP contribution >= 0.6 is 11.6 Å². The van der Waals surface area contributed by atoms with Crippen molar-refractivity contribution in [2.45, 2.75) is 31.4 Å². The van der Waals surface area contributed by atoms with Crippen molar-refractivity contribution in [2.75, 3.05) is 7.11 Å². The Morgan fingerprint density at radius 2 is 2.19 bits per heavy atom. The predicted octanol–water partition coefficient (Wildman–Crippen LogP) is 3.05. The quantitative estimate of drug-likeness (QED) is 0.810. The van der Waals surface area contributed by atoms with E-state index in [1.165, 1.54) is 25.3 Å². The van der Waals surface area contributed by atoms with Gasteiger partial charge in [-0.3, -0.25) is 4.79 Å². The number of aliphatic hydroxyl groups excluding tert-OH is 1. The molecule has 5 nitrogen and oxygen atoms in total. The number of nitrogens with zero attached hydrogens (tertiary/aromatic N) is 1.